The lowest BCUT2D eigenvalue weighted by Gasteiger charge is -2.17. The molecule has 0 aromatic heterocycles. The minimum absolute atomic E-state index is 0.149. The number of ether oxygens (including phenoxy) is 1. The van der Waals surface area contributed by atoms with Gasteiger partial charge in [-0.2, -0.15) is 0 Å². The van der Waals surface area contributed by atoms with Crippen molar-refractivity contribution in [1.82, 2.24) is 5.32 Å². The monoisotopic (exact) mass is 255 g/mol. The number of carboxylic acids is 1. The largest absolute Gasteiger partial charge is 0.490 e. The van der Waals surface area contributed by atoms with E-state index in [9.17, 15) is 4.79 Å². The van der Waals surface area contributed by atoms with E-state index in [0.29, 0.717) is 30.3 Å². The Kier molecular flexibility index (Phi) is 3.86. The fraction of sp³-hybridized carbons (Fsp3) is 0.417. The maximum absolute atomic E-state index is 11.0. The highest BCUT2D eigenvalue weighted by Crippen LogP contribution is 2.24. The van der Waals surface area contributed by atoms with Gasteiger partial charge in [-0.15, -0.1) is 0 Å². The number of rotatable bonds is 4. The van der Waals surface area contributed by atoms with Crippen LogP contribution in [0.4, 0.5) is 0 Å². The van der Waals surface area contributed by atoms with Gasteiger partial charge >= 0.3 is 5.97 Å². The van der Waals surface area contributed by atoms with Crippen LogP contribution in [-0.2, 0) is 4.79 Å². The molecule has 1 heterocycles. The van der Waals surface area contributed by atoms with E-state index in [1.165, 1.54) is 0 Å². The van der Waals surface area contributed by atoms with Crippen LogP contribution in [0.2, 0.25) is 5.02 Å². The summed E-state index contributed by atoms with van der Waals surface area (Å²) in [5.74, 6) is -0.563. The average molecular weight is 256 g/mol. The molecule has 0 saturated carbocycles. The minimum atomic E-state index is -0.775. The minimum Gasteiger partial charge on any atom is -0.490 e. The Bertz CT molecular complexity index is 410. The number of benzene rings is 1. The molecule has 2 rings (SSSR count). The average Bonchev–Trinajstić information content (AvgIpc) is 2.76. The van der Waals surface area contributed by atoms with Crippen molar-refractivity contribution in [1.29, 1.82) is 0 Å². The zero-order valence-electron chi connectivity index (χ0n) is 9.23. The molecule has 1 saturated heterocycles. The molecule has 2 N–H and O–H groups in total. The number of carboxylic acid groups (broad SMARTS) is 1. The molecule has 0 aliphatic carbocycles. The molecule has 4 nitrogen and oxygen atoms in total. The number of para-hydroxylation sites is 1. The van der Waals surface area contributed by atoms with Crippen molar-refractivity contribution in [3.8, 4) is 5.75 Å². The lowest BCUT2D eigenvalue weighted by molar-refractivity contribution is -0.142. The summed E-state index contributed by atoms with van der Waals surface area (Å²) in [5.41, 5.74) is 0. The van der Waals surface area contributed by atoms with Crippen LogP contribution in [0.3, 0.4) is 0 Å². The van der Waals surface area contributed by atoms with Crippen LogP contribution < -0.4 is 10.1 Å². The molecular formula is C12H14ClNO3. The maximum Gasteiger partial charge on any atom is 0.308 e. The van der Waals surface area contributed by atoms with E-state index in [4.69, 9.17) is 21.4 Å². The van der Waals surface area contributed by atoms with Crippen LogP contribution in [0.5, 0.6) is 5.75 Å². The number of halogens is 1. The molecule has 5 heteroatoms. The fourth-order valence-electron chi connectivity index (χ4n) is 1.98. The number of hydrogen-bond acceptors (Lipinski definition) is 3. The third kappa shape index (κ3) is 2.90. The van der Waals surface area contributed by atoms with E-state index in [-0.39, 0.29) is 12.0 Å². The first kappa shape index (κ1) is 12.2. The topological polar surface area (TPSA) is 58.6 Å². The standard InChI is InChI=1S/C12H14ClNO3/c13-9-3-1-2-4-11(9)17-7-10-8(12(15)16)5-6-14-10/h1-4,8,10,14H,5-7H2,(H,15,16). The van der Waals surface area contributed by atoms with Gasteiger partial charge in [-0.25, -0.2) is 0 Å². The SMILES string of the molecule is O=C(O)C1CCNC1COc1ccccc1Cl. The summed E-state index contributed by atoms with van der Waals surface area (Å²) in [6.07, 6.45) is 0.645. The number of aliphatic carboxylic acids is 1. The Morgan fingerprint density at radius 3 is 3.00 bits per heavy atom. The van der Waals surface area contributed by atoms with Gasteiger partial charge in [0, 0.05) is 0 Å². The molecule has 0 amide bonds. The van der Waals surface area contributed by atoms with E-state index in [1.807, 2.05) is 12.1 Å². The van der Waals surface area contributed by atoms with Gasteiger partial charge in [0.05, 0.1) is 17.0 Å². The summed E-state index contributed by atoms with van der Waals surface area (Å²) in [7, 11) is 0. The smallest absolute Gasteiger partial charge is 0.308 e. The summed E-state index contributed by atoms with van der Waals surface area (Å²) in [5, 5.41) is 12.7. The maximum atomic E-state index is 11.0. The molecular weight excluding hydrogens is 242 g/mol. The van der Waals surface area contributed by atoms with Crippen LogP contribution in [0.15, 0.2) is 24.3 Å². The van der Waals surface area contributed by atoms with E-state index < -0.39 is 5.97 Å². The van der Waals surface area contributed by atoms with E-state index in [2.05, 4.69) is 5.32 Å². The number of carbonyl (C=O) groups is 1. The molecule has 92 valence electrons. The van der Waals surface area contributed by atoms with Crippen molar-refractivity contribution in [3.63, 3.8) is 0 Å². The normalized spacial score (nSPS) is 23.6. The molecule has 0 bridgehead atoms. The summed E-state index contributed by atoms with van der Waals surface area (Å²) in [4.78, 5) is 11.0. The van der Waals surface area contributed by atoms with E-state index in [1.54, 1.807) is 12.1 Å². The number of nitrogens with one attached hydrogen (secondary N) is 1. The lowest BCUT2D eigenvalue weighted by atomic mass is 10.0. The van der Waals surface area contributed by atoms with Crippen LogP contribution in [0, 0.1) is 5.92 Å². The summed E-state index contributed by atoms with van der Waals surface area (Å²) < 4.78 is 5.54. The first-order valence-electron chi connectivity index (χ1n) is 5.52. The molecule has 1 aromatic rings. The first-order valence-corrected chi connectivity index (χ1v) is 5.90. The van der Waals surface area contributed by atoms with Crippen molar-refractivity contribution in [2.24, 2.45) is 5.92 Å². The Hall–Kier alpha value is -1.26. The summed E-state index contributed by atoms with van der Waals surface area (Å²) >= 11 is 5.95. The predicted octanol–water partition coefficient (Wildman–Crippen LogP) is 1.78. The van der Waals surface area contributed by atoms with Gasteiger partial charge in [0.1, 0.15) is 12.4 Å². The van der Waals surface area contributed by atoms with Crippen molar-refractivity contribution in [2.45, 2.75) is 12.5 Å². The molecule has 0 spiro atoms. The van der Waals surface area contributed by atoms with Crippen molar-refractivity contribution < 1.29 is 14.6 Å². The van der Waals surface area contributed by atoms with Gasteiger partial charge in [0.2, 0.25) is 0 Å². The molecule has 2 atom stereocenters. The van der Waals surface area contributed by atoms with Crippen molar-refractivity contribution in [3.05, 3.63) is 29.3 Å². The highest BCUT2D eigenvalue weighted by atomic mass is 35.5. The Labute approximate surface area is 105 Å². The zero-order chi connectivity index (χ0) is 12.3. The van der Waals surface area contributed by atoms with Gasteiger partial charge in [0.25, 0.3) is 0 Å². The Morgan fingerprint density at radius 1 is 1.53 bits per heavy atom. The third-order valence-corrected chi connectivity index (χ3v) is 3.23. The van der Waals surface area contributed by atoms with Crippen molar-refractivity contribution >= 4 is 17.6 Å². The van der Waals surface area contributed by atoms with Crippen LogP contribution in [0.1, 0.15) is 6.42 Å². The molecule has 0 radical (unpaired) electrons. The fourth-order valence-corrected chi connectivity index (χ4v) is 2.17. The molecule has 1 aliphatic rings. The third-order valence-electron chi connectivity index (χ3n) is 2.92. The number of hydrogen-bond donors (Lipinski definition) is 2. The van der Waals surface area contributed by atoms with Gasteiger partial charge in [-0.1, -0.05) is 23.7 Å². The quantitative estimate of drug-likeness (QED) is 0.861. The molecule has 17 heavy (non-hydrogen) atoms. The molecule has 2 unspecified atom stereocenters. The first-order chi connectivity index (χ1) is 8.18. The highest BCUT2D eigenvalue weighted by molar-refractivity contribution is 6.32. The predicted molar refractivity (Wildman–Crippen MR) is 64.5 cm³/mol. The van der Waals surface area contributed by atoms with Crippen LogP contribution in [-0.4, -0.2) is 30.3 Å². The highest BCUT2D eigenvalue weighted by Gasteiger charge is 2.33. The van der Waals surface area contributed by atoms with Crippen LogP contribution in [0.25, 0.3) is 0 Å². The van der Waals surface area contributed by atoms with Gasteiger partial charge < -0.3 is 15.2 Å². The zero-order valence-corrected chi connectivity index (χ0v) is 9.98. The molecule has 1 fully saturated rings. The second-order valence-electron chi connectivity index (χ2n) is 4.04. The summed E-state index contributed by atoms with van der Waals surface area (Å²) in [6.45, 7) is 1.04. The van der Waals surface area contributed by atoms with Gasteiger partial charge in [0.15, 0.2) is 0 Å². The Balaban J connectivity index is 1.94. The van der Waals surface area contributed by atoms with Crippen LogP contribution >= 0.6 is 11.6 Å². The van der Waals surface area contributed by atoms with Gasteiger partial charge in [-0.05, 0) is 25.1 Å². The lowest BCUT2D eigenvalue weighted by Crippen LogP contribution is -2.36. The molecule has 1 aromatic carbocycles. The summed E-state index contributed by atoms with van der Waals surface area (Å²) in [6, 6.07) is 7.02. The van der Waals surface area contributed by atoms with E-state index >= 15 is 0 Å². The van der Waals surface area contributed by atoms with Crippen molar-refractivity contribution in [2.75, 3.05) is 13.2 Å². The van der Waals surface area contributed by atoms with E-state index in [0.717, 1.165) is 0 Å². The van der Waals surface area contributed by atoms with Gasteiger partial charge in [-0.3, -0.25) is 4.79 Å². The molecule has 1 aliphatic heterocycles. The second kappa shape index (κ2) is 5.38. The Morgan fingerprint density at radius 2 is 2.29 bits per heavy atom. The second-order valence-corrected chi connectivity index (χ2v) is 4.44.